The summed E-state index contributed by atoms with van der Waals surface area (Å²) in [6.07, 6.45) is 3.25. The molecule has 25 heavy (non-hydrogen) atoms. The Morgan fingerprint density at radius 2 is 2.08 bits per heavy atom. The van der Waals surface area contributed by atoms with E-state index in [-0.39, 0.29) is 23.6 Å². The zero-order valence-corrected chi connectivity index (χ0v) is 13.9. The van der Waals surface area contributed by atoms with Gasteiger partial charge in [-0.25, -0.2) is 9.31 Å². The van der Waals surface area contributed by atoms with Crippen LogP contribution in [0.25, 0.3) is 27.7 Å². The number of aryl methyl sites for hydroxylation is 1. The molecule has 0 radical (unpaired) electrons. The maximum absolute atomic E-state index is 12.2. The number of aromatic carboxylic acids is 1. The smallest absolute Gasteiger partial charge is 0.356 e. The van der Waals surface area contributed by atoms with E-state index in [0.29, 0.717) is 5.69 Å². The first-order valence-corrected chi connectivity index (χ1v) is 7.25. The molecule has 3 aromatic heterocycles. The van der Waals surface area contributed by atoms with E-state index >= 15 is 0 Å². The lowest BCUT2D eigenvalue weighted by Gasteiger charge is -2.06. The number of pyridine rings is 1. The number of carboxylic acids is 1. The molecule has 0 aliphatic carbocycles. The number of fused-ring (bicyclic) bond motifs is 2. The highest BCUT2D eigenvalue weighted by Crippen LogP contribution is 2.23. The first-order valence-electron chi connectivity index (χ1n) is 7.25. The molecule has 1 aromatic carbocycles. The van der Waals surface area contributed by atoms with E-state index in [9.17, 15) is 9.59 Å². The van der Waals surface area contributed by atoms with Crippen LogP contribution in [0.15, 0.2) is 47.5 Å². The zero-order valence-electron chi connectivity index (χ0n) is 13.1. The molecule has 2 N–H and O–H groups in total. The highest BCUT2D eigenvalue weighted by molar-refractivity contribution is 5.87. The molecule has 0 saturated heterocycles. The third-order valence-corrected chi connectivity index (χ3v) is 3.94. The first-order chi connectivity index (χ1) is 11.5. The SMILES string of the molecule is Cc1cccc2ncc(-c3cn4nc(C(=O)O)cc4c(=O)[nH]3)cc12.Cl. The van der Waals surface area contributed by atoms with E-state index in [1.54, 1.807) is 12.4 Å². The number of aromatic amines is 1. The van der Waals surface area contributed by atoms with Gasteiger partial charge >= 0.3 is 5.97 Å². The third-order valence-electron chi connectivity index (χ3n) is 3.94. The largest absolute Gasteiger partial charge is 0.476 e. The summed E-state index contributed by atoms with van der Waals surface area (Å²) in [5.74, 6) is -1.18. The van der Waals surface area contributed by atoms with Crippen molar-refractivity contribution in [1.82, 2.24) is 19.6 Å². The number of halogens is 1. The van der Waals surface area contributed by atoms with Crippen LogP contribution in [0.4, 0.5) is 0 Å². The van der Waals surface area contributed by atoms with E-state index in [4.69, 9.17) is 5.11 Å². The van der Waals surface area contributed by atoms with Gasteiger partial charge in [0.05, 0.1) is 17.4 Å². The van der Waals surface area contributed by atoms with Crippen LogP contribution >= 0.6 is 12.4 Å². The minimum Gasteiger partial charge on any atom is -0.476 e. The van der Waals surface area contributed by atoms with Gasteiger partial charge in [0.2, 0.25) is 0 Å². The third kappa shape index (κ3) is 2.74. The zero-order chi connectivity index (χ0) is 16.8. The van der Waals surface area contributed by atoms with Crippen molar-refractivity contribution in [1.29, 1.82) is 0 Å². The summed E-state index contributed by atoms with van der Waals surface area (Å²) in [5.41, 5.74) is 2.80. The molecule has 3 heterocycles. The second kappa shape index (κ2) is 6.03. The maximum Gasteiger partial charge on any atom is 0.356 e. The van der Waals surface area contributed by atoms with Crippen LogP contribution in [-0.2, 0) is 0 Å². The molecule has 0 aliphatic heterocycles. The van der Waals surface area contributed by atoms with Crippen LogP contribution in [0.1, 0.15) is 16.1 Å². The Morgan fingerprint density at radius 1 is 1.28 bits per heavy atom. The fraction of sp³-hybridized carbons (Fsp3) is 0.0588. The standard InChI is InChI=1S/C17H12N4O3.ClH/c1-9-3-2-4-12-11(9)5-10(7-18-12)14-8-21-15(16(22)19-14)6-13(20-21)17(23)24;/h2-8H,1H3,(H,19,22)(H,23,24);1H. The molecular formula is C17H13ClN4O3. The van der Waals surface area contributed by atoms with Gasteiger partial charge in [-0.15, -0.1) is 12.4 Å². The second-order valence-electron chi connectivity index (χ2n) is 5.53. The van der Waals surface area contributed by atoms with Gasteiger partial charge in [0.1, 0.15) is 5.52 Å². The lowest BCUT2D eigenvalue weighted by atomic mass is 10.1. The van der Waals surface area contributed by atoms with Gasteiger partial charge in [0, 0.05) is 23.2 Å². The van der Waals surface area contributed by atoms with Crippen molar-refractivity contribution in [3.05, 3.63) is 64.3 Å². The average molecular weight is 357 g/mol. The molecule has 0 amide bonds. The Morgan fingerprint density at radius 3 is 2.84 bits per heavy atom. The fourth-order valence-corrected chi connectivity index (χ4v) is 2.70. The van der Waals surface area contributed by atoms with Crippen molar-refractivity contribution < 1.29 is 9.90 Å². The number of carbonyl (C=O) groups is 1. The van der Waals surface area contributed by atoms with Gasteiger partial charge in [-0.1, -0.05) is 12.1 Å². The Kier molecular flexibility index (Phi) is 4.02. The fourth-order valence-electron chi connectivity index (χ4n) is 2.70. The molecule has 7 nitrogen and oxygen atoms in total. The molecule has 4 aromatic rings. The summed E-state index contributed by atoms with van der Waals surface area (Å²) in [7, 11) is 0. The van der Waals surface area contributed by atoms with Crippen molar-refractivity contribution in [2.24, 2.45) is 0 Å². The number of benzene rings is 1. The van der Waals surface area contributed by atoms with Crippen molar-refractivity contribution >= 4 is 34.8 Å². The molecule has 0 spiro atoms. The molecule has 0 bridgehead atoms. The molecule has 8 heteroatoms. The molecular weight excluding hydrogens is 344 g/mol. The van der Waals surface area contributed by atoms with Crippen molar-refractivity contribution in [2.75, 3.05) is 0 Å². The Hall–Kier alpha value is -3.19. The molecule has 0 fully saturated rings. The number of carboxylic acid groups (broad SMARTS) is 1. The van der Waals surface area contributed by atoms with E-state index < -0.39 is 11.5 Å². The Balaban J connectivity index is 0.00000182. The molecule has 0 aliphatic rings. The lowest BCUT2D eigenvalue weighted by Crippen LogP contribution is -2.10. The highest BCUT2D eigenvalue weighted by atomic mass is 35.5. The van der Waals surface area contributed by atoms with E-state index in [1.165, 1.54) is 10.6 Å². The summed E-state index contributed by atoms with van der Waals surface area (Å²) in [6.45, 7) is 1.99. The van der Waals surface area contributed by atoms with Crippen LogP contribution in [0, 0.1) is 6.92 Å². The first kappa shape index (κ1) is 16.7. The number of nitrogens with one attached hydrogen (secondary N) is 1. The maximum atomic E-state index is 12.2. The van der Waals surface area contributed by atoms with Gasteiger partial charge in [0.15, 0.2) is 5.69 Å². The number of nitrogens with zero attached hydrogens (tertiary/aromatic N) is 3. The van der Waals surface area contributed by atoms with Crippen molar-refractivity contribution in [2.45, 2.75) is 6.92 Å². The average Bonchev–Trinajstić information content (AvgIpc) is 3.00. The summed E-state index contributed by atoms with van der Waals surface area (Å²) in [6, 6.07) is 9.04. The molecule has 0 atom stereocenters. The van der Waals surface area contributed by atoms with E-state index in [0.717, 1.165) is 22.0 Å². The van der Waals surface area contributed by atoms with Crippen LogP contribution < -0.4 is 5.56 Å². The number of rotatable bonds is 2. The van der Waals surface area contributed by atoms with Crippen LogP contribution in [-0.4, -0.2) is 30.7 Å². The van der Waals surface area contributed by atoms with Gasteiger partial charge in [-0.3, -0.25) is 9.78 Å². The normalized spacial score (nSPS) is 10.8. The molecule has 0 saturated carbocycles. The van der Waals surface area contributed by atoms with Crippen molar-refractivity contribution in [3.8, 4) is 11.3 Å². The number of H-pyrrole nitrogens is 1. The van der Waals surface area contributed by atoms with Gasteiger partial charge in [-0.2, -0.15) is 5.10 Å². The van der Waals surface area contributed by atoms with Gasteiger partial charge in [-0.05, 0) is 24.6 Å². The Labute approximate surface area is 147 Å². The molecule has 126 valence electrons. The quantitative estimate of drug-likeness (QED) is 0.575. The number of aromatic nitrogens is 4. The summed E-state index contributed by atoms with van der Waals surface area (Å²) in [4.78, 5) is 30.4. The van der Waals surface area contributed by atoms with Crippen molar-refractivity contribution in [3.63, 3.8) is 0 Å². The minimum atomic E-state index is -1.18. The lowest BCUT2D eigenvalue weighted by molar-refractivity contribution is 0.0690. The second-order valence-corrected chi connectivity index (χ2v) is 5.53. The topological polar surface area (TPSA) is 100 Å². The van der Waals surface area contributed by atoms with Crippen LogP contribution in [0.3, 0.4) is 0 Å². The van der Waals surface area contributed by atoms with E-state index in [1.807, 2.05) is 31.2 Å². The summed E-state index contributed by atoms with van der Waals surface area (Å²) < 4.78 is 1.28. The summed E-state index contributed by atoms with van der Waals surface area (Å²) in [5, 5.41) is 13.9. The molecule has 0 unspecified atom stereocenters. The van der Waals surface area contributed by atoms with Gasteiger partial charge in [0.25, 0.3) is 5.56 Å². The highest BCUT2D eigenvalue weighted by Gasteiger charge is 2.13. The van der Waals surface area contributed by atoms with Gasteiger partial charge < -0.3 is 10.1 Å². The van der Waals surface area contributed by atoms with E-state index in [2.05, 4.69) is 15.1 Å². The minimum absolute atomic E-state index is 0. The predicted molar refractivity (Wildman–Crippen MR) is 95.5 cm³/mol. The number of hydrogen-bond acceptors (Lipinski definition) is 4. The monoisotopic (exact) mass is 356 g/mol. The Bertz CT molecular complexity index is 1180. The molecule has 4 rings (SSSR count). The predicted octanol–water partition coefficient (Wildman–Crippen LogP) is 2.67. The summed E-state index contributed by atoms with van der Waals surface area (Å²) >= 11 is 0. The van der Waals surface area contributed by atoms with Crippen LogP contribution in [0.2, 0.25) is 0 Å². The number of hydrogen-bond donors (Lipinski definition) is 2. The van der Waals surface area contributed by atoms with Crippen LogP contribution in [0.5, 0.6) is 0 Å².